The van der Waals surface area contributed by atoms with Crippen LogP contribution in [-0.2, 0) is 23.0 Å². The zero-order valence-corrected chi connectivity index (χ0v) is 28.9. The van der Waals surface area contributed by atoms with Crippen LogP contribution < -0.4 is 14.9 Å². The second-order valence-electron chi connectivity index (χ2n) is 12.3. The molecule has 0 saturated heterocycles. The summed E-state index contributed by atoms with van der Waals surface area (Å²) >= 11 is 0. The Kier molecular flexibility index (Phi) is 11.1. The van der Waals surface area contributed by atoms with E-state index in [9.17, 15) is 27.5 Å². The molecule has 4 aromatic carbocycles. The van der Waals surface area contributed by atoms with Gasteiger partial charge in [-0.3, -0.25) is 13.9 Å². The van der Waals surface area contributed by atoms with E-state index in [0.717, 1.165) is 27.3 Å². The Bertz CT molecular complexity index is 2070. The van der Waals surface area contributed by atoms with Crippen molar-refractivity contribution in [3.05, 3.63) is 137 Å². The van der Waals surface area contributed by atoms with Crippen molar-refractivity contribution in [2.24, 2.45) is 0 Å². The highest BCUT2D eigenvalue weighted by Crippen LogP contribution is 2.23. The number of nitrogens with zero attached hydrogens (tertiary/aromatic N) is 4. The van der Waals surface area contributed by atoms with Crippen LogP contribution in [0, 0.1) is 12.7 Å². The highest BCUT2D eigenvalue weighted by Gasteiger charge is 2.26. The molecule has 0 bridgehead atoms. The van der Waals surface area contributed by atoms with Crippen molar-refractivity contribution in [3.63, 3.8) is 0 Å². The highest BCUT2D eigenvalue weighted by atomic mass is 32.2. The molecule has 1 aromatic heterocycles. The van der Waals surface area contributed by atoms with Gasteiger partial charge < -0.3 is 15.7 Å². The summed E-state index contributed by atoms with van der Waals surface area (Å²) in [5.74, 6) is -1.62. The largest absolute Gasteiger partial charge is 0.389 e. The van der Waals surface area contributed by atoms with Gasteiger partial charge in [-0.25, -0.2) is 17.5 Å². The quantitative estimate of drug-likeness (QED) is 0.162. The highest BCUT2D eigenvalue weighted by molar-refractivity contribution is 7.92. The van der Waals surface area contributed by atoms with E-state index in [1.165, 1.54) is 42.1 Å². The second kappa shape index (κ2) is 15.4. The third kappa shape index (κ3) is 9.18. The lowest BCUT2D eigenvalue weighted by Crippen LogP contribution is -2.46. The zero-order chi connectivity index (χ0) is 36.0. The van der Waals surface area contributed by atoms with Crippen molar-refractivity contribution in [2.75, 3.05) is 17.6 Å². The molecule has 0 aliphatic rings. The van der Waals surface area contributed by atoms with Gasteiger partial charge in [0, 0.05) is 23.7 Å². The molecule has 50 heavy (non-hydrogen) atoms. The molecule has 2 amide bonds. The second-order valence-corrected chi connectivity index (χ2v) is 14.3. The molecule has 5 aromatic rings. The molecule has 0 aliphatic carbocycles. The van der Waals surface area contributed by atoms with Crippen LogP contribution in [0.15, 0.2) is 103 Å². The first-order chi connectivity index (χ1) is 23.8. The van der Waals surface area contributed by atoms with E-state index in [2.05, 4.69) is 20.9 Å². The Morgan fingerprint density at radius 2 is 1.58 bits per heavy atom. The van der Waals surface area contributed by atoms with Gasteiger partial charge in [0.05, 0.1) is 42.9 Å². The van der Waals surface area contributed by atoms with Crippen LogP contribution in [-0.4, -0.2) is 65.8 Å². The Hall–Kier alpha value is -5.40. The first-order valence-corrected chi connectivity index (χ1v) is 17.8. The van der Waals surface area contributed by atoms with Gasteiger partial charge in [-0.1, -0.05) is 71.4 Å². The van der Waals surface area contributed by atoms with E-state index in [1.807, 2.05) is 61.5 Å². The molecule has 13 heteroatoms. The Morgan fingerprint density at radius 1 is 0.920 bits per heavy atom. The summed E-state index contributed by atoms with van der Waals surface area (Å²) in [6.45, 7) is 3.72. The normalized spacial score (nSPS) is 13.2. The molecule has 3 N–H and O–H groups in total. The third-order valence-electron chi connectivity index (χ3n) is 8.33. The number of benzene rings is 4. The summed E-state index contributed by atoms with van der Waals surface area (Å²) in [5.41, 5.74) is 4.22. The van der Waals surface area contributed by atoms with Gasteiger partial charge in [0.2, 0.25) is 10.0 Å². The molecule has 260 valence electrons. The molecule has 0 unspecified atom stereocenters. The van der Waals surface area contributed by atoms with E-state index in [0.29, 0.717) is 11.3 Å². The molecule has 0 radical (unpaired) electrons. The van der Waals surface area contributed by atoms with Crippen molar-refractivity contribution in [3.8, 4) is 11.3 Å². The predicted octanol–water partition coefficient (Wildman–Crippen LogP) is 4.68. The number of aliphatic hydroxyl groups excluding tert-OH is 1. The minimum atomic E-state index is -3.76. The summed E-state index contributed by atoms with van der Waals surface area (Å²) in [4.78, 5) is 27.4. The molecule has 0 fully saturated rings. The minimum Gasteiger partial charge on any atom is -0.389 e. The van der Waals surface area contributed by atoms with Crippen LogP contribution in [0.3, 0.4) is 0 Å². The van der Waals surface area contributed by atoms with Gasteiger partial charge in [0.15, 0.2) is 0 Å². The number of sulfonamides is 1. The van der Waals surface area contributed by atoms with E-state index in [-0.39, 0.29) is 29.8 Å². The fourth-order valence-electron chi connectivity index (χ4n) is 5.41. The summed E-state index contributed by atoms with van der Waals surface area (Å²) in [7, 11) is -2.44. The molecule has 3 atom stereocenters. The number of aliphatic hydroxyl groups is 1. The number of rotatable bonds is 13. The number of anilines is 1. The minimum absolute atomic E-state index is 0.00494. The smallest absolute Gasteiger partial charge is 0.251 e. The number of amides is 2. The van der Waals surface area contributed by atoms with E-state index in [1.54, 1.807) is 25.3 Å². The van der Waals surface area contributed by atoms with Crippen molar-refractivity contribution in [1.82, 2.24) is 25.6 Å². The number of aryl methyl sites for hydroxylation is 1. The molecular weight excluding hydrogens is 660 g/mol. The summed E-state index contributed by atoms with van der Waals surface area (Å²) in [5, 5.41) is 25.7. The Labute approximate surface area is 290 Å². The fraction of sp³-hybridized carbons (Fsp3) is 0.243. The number of nitrogens with one attached hydrogen (secondary N) is 2. The predicted molar refractivity (Wildman–Crippen MR) is 190 cm³/mol. The first kappa shape index (κ1) is 35.9. The first-order valence-electron chi connectivity index (χ1n) is 15.9. The van der Waals surface area contributed by atoms with Gasteiger partial charge in [-0.05, 0) is 67.8 Å². The summed E-state index contributed by atoms with van der Waals surface area (Å²) in [6, 6.07) is 25.6. The number of aromatic nitrogens is 3. The molecule has 11 nitrogen and oxygen atoms in total. The van der Waals surface area contributed by atoms with Gasteiger partial charge in [-0.2, -0.15) is 0 Å². The van der Waals surface area contributed by atoms with Crippen LogP contribution >= 0.6 is 0 Å². The molecule has 0 aliphatic heterocycles. The zero-order valence-electron chi connectivity index (χ0n) is 28.1. The van der Waals surface area contributed by atoms with Crippen molar-refractivity contribution in [1.29, 1.82) is 0 Å². The lowest BCUT2D eigenvalue weighted by Gasteiger charge is -2.25. The van der Waals surface area contributed by atoms with Crippen LogP contribution in [0.1, 0.15) is 50.4 Å². The average molecular weight is 699 g/mol. The average Bonchev–Trinajstić information content (AvgIpc) is 3.56. The van der Waals surface area contributed by atoms with Crippen LogP contribution in [0.5, 0.6) is 0 Å². The summed E-state index contributed by atoms with van der Waals surface area (Å²) in [6.07, 6.45) is 1.88. The molecule has 0 saturated carbocycles. The topological polar surface area (TPSA) is 147 Å². The number of carbonyl (C=O) groups excluding carboxylic acids is 2. The lowest BCUT2D eigenvalue weighted by atomic mass is 10.00. The lowest BCUT2D eigenvalue weighted by molar-refractivity contribution is 0.0779. The number of hydrogen-bond acceptors (Lipinski definition) is 7. The van der Waals surface area contributed by atoms with Crippen molar-refractivity contribution in [2.45, 2.75) is 45.0 Å². The number of hydrogen-bond donors (Lipinski definition) is 3. The number of halogens is 1. The Morgan fingerprint density at radius 3 is 2.22 bits per heavy atom. The SMILES string of the molecule is Cc1cccc(-c2cn(C[C@H](O)[C@H](Cc3ccccc3)NC(=O)c3cc(C(=O)N[C@H](C)c4ccc(F)cc4)cc(N(C)S(C)(=O)=O)c3)nn2)c1. The van der Waals surface area contributed by atoms with E-state index >= 15 is 0 Å². The molecule has 5 rings (SSSR count). The maximum Gasteiger partial charge on any atom is 0.251 e. The van der Waals surface area contributed by atoms with Crippen LogP contribution in [0.4, 0.5) is 10.1 Å². The van der Waals surface area contributed by atoms with E-state index in [4.69, 9.17) is 0 Å². The van der Waals surface area contributed by atoms with Gasteiger partial charge in [0.25, 0.3) is 11.8 Å². The van der Waals surface area contributed by atoms with E-state index < -0.39 is 45.8 Å². The van der Waals surface area contributed by atoms with Crippen molar-refractivity contribution >= 4 is 27.5 Å². The fourth-order valence-corrected chi connectivity index (χ4v) is 5.90. The third-order valence-corrected chi connectivity index (χ3v) is 9.53. The van der Waals surface area contributed by atoms with Crippen molar-refractivity contribution < 1.29 is 27.5 Å². The monoisotopic (exact) mass is 698 g/mol. The molecule has 1 heterocycles. The van der Waals surface area contributed by atoms with Crippen LogP contribution in [0.2, 0.25) is 0 Å². The Balaban J connectivity index is 1.42. The maximum atomic E-state index is 13.9. The standard InChI is InChI=1S/C37H39FN6O5S/c1-24-9-8-12-28(17-24)34-22-44(42-41-34)23-35(45)33(18-26-10-6-5-7-11-26)40-37(47)30-19-29(20-32(21-30)43(3)50(4,48)49)36(46)39-25(2)27-13-15-31(38)16-14-27/h5-17,19-22,25,33,35,45H,18,23H2,1-4H3,(H,39,46)(H,40,47)/t25-,33+,35+/m1/s1. The molecular formula is C37H39FN6O5S. The maximum absolute atomic E-state index is 13.9. The molecule has 0 spiro atoms. The van der Waals surface area contributed by atoms with Gasteiger partial charge in [-0.15, -0.1) is 5.10 Å². The van der Waals surface area contributed by atoms with Gasteiger partial charge >= 0.3 is 0 Å². The summed E-state index contributed by atoms with van der Waals surface area (Å²) < 4.78 is 40.9. The van der Waals surface area contributed by atoms with Crippen LogP contribution in [0.25, 0.3) is 11.3 Å². The number of carbonyl (C=O) groups is 2. The van der Waals surface area contributed by atoms with Gasteiger partial charge in [0.1, 0.15) is 11.5 Å².